The van der Waals surface area contributed by atoms with Gasteiger partial charge in [-0.15, -0.1) is 0 Å². The fraction of sp³-hybridized carbons (Fsp3) is 0.0714. The maximum Gasteiger partial charge on any atom is 0.343 e. The molecule has 2 rings (SSSR count). The van der Waals surface area contributed by atoms with Gasteiger partial charge in [-0.2, -0.15) is 0 Å². The lowest BCUT2D eigenvalue weighted by Crippen LogP contribution is -2.11. The molecule has 0 bridgehead atoms. The van der Waals surface area contributed by atoms with Crippen LogP contribution in [-0.2, 0) is 0 Å². The summed E-state index contributed by atoms with van der Waals surface area (Å²) in [5.41, 5.74) is -0.723. The summed E-state index contributed by atoms with van der Waals surface area (Å²) >= 11 is 0. The molecule has 0 aliphatic heterocycles. The van der Waals surface area contributed by atoms with Gasteiger partial charge in [-0.3, -0.25) is 20.2 Å². The molecule has 0 radical (unpaired) electrons. The maximum absolute atomic E-state index is 12.0. The number of nitro benzene ring substituents is 2. The molecule has 2 aromatic carbocycles. The Balaban J connectivity index is 2.44. The number of aryl methyl sites for hydroxylation is 1. The van der Waals surface area contributed by atoms with Gasteiger partial charge in [0.2, 0.25) is 5.75 Å². The van der Waals surface area contributed by atoms with Crippen molar-refractivity contribution in [1.82, 2.24) is 0 Å². The molecule has 0 aliphatic rings. The smallest absolute Gasteiger partial charge is 0.343 e. The second kappa shape index (κ2) is 6.00. The van der Waals surface area contributed by atoms with Crippen molar-refractivity contribution < 1.29 is 19.4 Å². The molecule has 0 aromatic heterocycles. The molecule has 0 amide bonds. The van der Waals surface area contributed by atoms with Crippen molar-refractivity contribution in [2.24, 2.45) is 0 Å². The van der Waals surface area contributed by atoms with Gasteiger partial charge < -0.3 is 4.74 Å². The van der Waals surface area contributed by atoms with Gasteiger partial charge in [0, 0.05) is 11.6 Å². The van der Waals surface area contributed by atoms with Gasteiger partial charge in [-0.1, -0.05) is 18.2 Å². The first kappa shape index (κ1) is 15.1. The average Bonchev–Trinajstić information content (AvgIpc) is 2.49. The van der Waals surface area contributed by atoms with Gasteiger partial charge in [0.15, 0.2) is 0 Å². The van der Waals surface area contributed by atoms with Crippen LogP contribution in [0.5, 0.6) is 5.75 Å². The number of ether oxygens (including phenoxy) is 1. The van der Waals surface area contributed by atoms with Crippen LogP contribution in [0.4, 0.5) is 11.4 Å². The molecule has 0 saturated heterocycles. The molecule has 22 heavy (non-hydrogen) atoms. The van der Waals surface area contributed by atoms with Crippen molar-refractivity contribution in [3.05, 3.63) is 73.8 Å². The molecule has 0 heterocycles. The molecule has 112 valence electrons. The minimum atomic E-state index is -0.826. The summed E-state index contributed by atoms with van der Waals surface area (Å²) in [6.07, 6.45) is 0. The highest BCUT2D eigenvalue weighted by Crippen LogP contribution is 2.35. The predicted octanol–water partition coefficient (Wildman–Crippen LogP) is 3.03. The second-order valence-electron chi connectivity index (χ2n) is 4.38. The minimum absolute atomic E-state index is 0.130. The van der Waals surface area contributed by atoms with Gasteiger partial charge in [0.05, 0.1) is 21.5 Å². The monoisotopic (exact) mass is 302 g/mol. The highest BCUT2D eigenvalue weighted by Gasteiger charge is 2.26. The molecule has 0 saturated carbocycles. The van der Waals surface area contributed by atoms with Crippen molar-refractivity contribution in [3.63, 3.8) is 0 Å². The van der Waals surface area contributed by atoms with E-state index < -0.39 is 27.2 Å². The minimum Gasteiger partial charge on any atom is -0.415 e. The predicted molar refractivity (Wildman–Crippen MR) is 75.9 cm³/mol. The Kier molecular flexibility index (Phi) is 4.12. The van der Waals surface area contributed by atoms with Gasteiger partial charge >= 0.3 is 11.7 Å². The molecule has 2 aromatic rings. The number of non-ortho nitro benzene ring substituents is 1. The van der Waals surface area contributed by atoms with E-state index in [1.807, 2.05) is 0 Å². The van der Waals surface area contributed by atoms with Gasteiger partial charge in [0.1, 0.15) is 0 Å². The molecule has 8 nitrogen and oxygen atoms in total. The molecule has 0 aliphatic carbocycles. The van der Waals surface area contributed by atoms with E-state index in [-0.39, 0.29) is 16.9 Å². The van der Waals surface area contributed by atoms with Crippen molar-refractivity contribution in [2.75, 3.05) is 0 Å². The Labute approximate surface area is 124 Å². The third kappa shape index (κ3) is 3.06. The number of nitro groups is 2. The van der Waals surface area contributed by atoms with Crippen LogP contribution in [-0.4, -0.2) is 15.8 Å². The maximum atomic E-state index is 12.0. The van der Waals surface area contributed by atoms with Crippen LogP contribution < -0.4 is 4.74 Å². The van der Waals surface area contributed by atoms with Crippen molar-refractivity contribution >= 4 is 17.3 Å². The third-order valence-corrected chi connectivity index (χ3v) is 2.85. The SMILES string of the molecule is Cc1cc([N+](=O)[O-])cc([N+](=O)[O-])c1OC(=O)c1ccccc1. The molecule has 0 spiro atoms. The molecule has 0 atom stereocenters. The highest BCUT2D eigenvalue weighted by molar-refractivity contribution is 5.91. The van der Waals surface area contributed by atoms with Gasteiger partial charge in [-0.05, 0) is 19.1 Å². The summed E-state index contributed by atoms with van der Waals surface area (Å²) in [6.45, 7) is 1.40. The Hall–Kier alpha value is -3.29. The molecule has 0 N–H and O–H groups in total. The zero-order chi connectivity index (χ0) is 16.3. The van der Waals surface area contributed by atoms with Crippen LogP contribution in [0.25, 0.3) is 0 Å². The van der Waals surface area contributed by atoms with Crippen LogP contribution in [0.2, 0.25) is 0 Å². The molecule has 8 heteroatoms. The fourth-order valence-electron chi connectivity index (χ4n) is 1.84. The fourth-order valence-corrected chi connectivity index (χ4v) is 1.84. The van der Waals surface area contributed by atoms with Crippen molar-refractivity contribution in [1.29, 1.82) is 0 Å². The Bertz CT molecular complexity index is 757. The largest absolute Gasteiger partial charge is 0.415 e. The van der Waals surface area contributed by atoms with Crippen LogP contribution in [0.1, 0.15) is 15.9 Å². The van der Waals surface area contributed by atoms with E-state index in [1.54, 1.807) is 18.2 Å². The Morgan fingerprint density at radius 1 is 1.05 bits per heavy atom. The molecular weight excluding hydrogens is 292 g/mol. The number of rotatable bonds is 4. The Morgan fingerprint density at radius 3 is 2.23 bits per heavy atom. The molecule has 0 unspecified atom stereocenters. The van der Waals surface area contributed by atoms with E-state index in [0.717, 1.165) is 12.1 Å². The van der Waals surface area contributed by atoms with E-state index in [9.17, 15) is 25.0 Å². The van der Waals surface area contributed by atoms with Crippen LogP contribution in [0.15, 0.2) is 42.5 Å². The number of esters is 1. The summed E-state index contributed by atoms with van der Waals surface area (Å²) in [5, 5.41) is 21.8. The van der Waals surface area contributed by atoms with Crippen LogP contribution in [0, 0.1) is 27.2 Å². The summed E-state index contributed by atoms with van der Waals surface area (Å²) < 4.78 is 5.06. The first-order chi connectivity index (χ1) is 10.4. The third-order valence-electron chi connectivity index (χ3n) is 2.85. The van der Waals surface area contributed by atoms with Crippen molar-refractivity contribution in [3.8, 4) is 5.75 Å². The van der Waals surface area contributed by atoms with Crippen LogP contribution >= 0.6 is 0 Å². The molecule has 0 fully saturated rings. The number of carbonyl (C=O) groups is 1. The van der Waals surface area contributed by atoms with E-state index >= 15 is 0 Å². The van der Waals surface area contributed by atoms with Gasteiger partial charge in [0.25, 0.3) is 5.69 Å². The van der Waals surface area contributed by atoms with E-state index in [2.05, 4.69) is 0 Å². The lowest BCUT2D eigenvalue weighted by atomic mass is 10.1. The number of nitrogens with zero attached hydrogens (tertiary/aromatic N) is 2. The Morgan fingerprint density at radius 2 is 1.68 bits per heavy atom. The topological polar surface area (TPSA) is 113 Å². The van der Waals surface area contributed by atoms with E-state index in [1.165, 1.54) is 19.1 Å². The number of hydrogen-bond acceptors (Lipinski definition) is 6. The lowest BCUT2D eigenvalue weighted by molar-refractivity contribution is -0.394. The van der Waals surface area contributed by atoms with Crippen LogP contribution in [0.3, 0.4) is 0 Å². The zero-order valence-electron chi connectivity index (χ0n) is 11.4. The first-order valence-corrected chi connectivity index (χ1v) is 6.11. The highest BCUT2D eigenvalue weighted by atomic mass is 16.6. The lowest BCUT2D eigenvalue weighted by Gasteiger charge is -2.08. The number of benzene rings is 2. The standard InChI is InChI=1S/C14H10N2O6/c1-9-7-11(15(18)19)8-12(16(20)21)13(9)22-14(17)10-5-3-2-4-6-10/h2-8H,1H3. The number of hydrogen-bond donors (Lipinski definition) is 0. The van der Waals surface area contributed by atoms with Crippen molar-refractivity contribution in [2.45, 2.75) is 6.92 Å². The van der Waals surface area contributed by atoms with E-state index in [4.69, 9.17) is 4.74 Å². The summed E-state index contributed by atoms with van der Waals surface area (Å²) in [7, 11) is 0. The summed E-state index contributed by atoms with van der Waals surface area (Å²) in [6, 6.07) is 9.81. The van der Waals surface area contributed by atoms with E-state index in [0.29, 0.717) is 0 Å². The van der Waals surface area contributed by atoms with Gasteiger partial charge in [-0.25, -0.2) is 4.79 Å². The molecular formula is C14H10N2O6. The number of carbonyl (C=O) groups excluding carboxylic acids is 1. The first-order valence-electron chi connectivity index (χ1n) is 6.11. The normalized spacial score (nSPS) is 10.0. The summed E-state index contributed by atoms with van der Waals surface area (Å²) in [4.78, 5) is 32.2. The summed E-state index contributed by atoms with van der Waals surface area (Å²) in [5.74, 6) is -1.08. The zero-order valence-corrected chi connectivity index (χ0v) is 11.4. The average molecular weight is 302 g/mol. The second-order valence-corrected chi connectivity index (χ2v) is 4.38. The quantitative estimate of drug-likeness (QED) is 0.371.